The Morgan fingerprint density at radius 2 is 1.50 bits per heavy atom. The van der Waals surface area contributed by atoms with Crippen molar-refractivity contribution in [2.24, 2.45) is 0 Å². The number of aromatic amines is 1. The molecule has 98 valence electrons. The van der Waals surface area contributed by atoms with Crippen molar-refractivity contribution >= 4 is 5.69 Å². The van der Waals surface area contributed by atoms with E-state index in [-0.39, 0.29) is 10.6 Å². The first-order valence-electron chi connectivity index (χ1n) is 6.23. The van der Waals surface area contributed by atoms with Gasteiger partial charge in [0, 0.05) is 35.7 Å². The maximum Gasteiger partial charge on any atom is 0.270 e. The Morgan fingerprint density at radius 1 is 0.850 bits per heavy atom. The predicted octanol–water partition coefficient (Wildman–Crippen LogP) is 4.26. The molecule has 3 rings (SSSR count). The normalized spacial score (nSPS) is 10.4. The van der Waals surface area contributed by atoms with Crippen LogP contribution in [0.3, 0.4) is 0 Å². The second kappa shape index (κ2) is 5.01. The summed E-state index contributed by atoms with van der Waals surface area (Å²) in [6, 6.07) is 16.6. The van der Waals surface area contributed by atoms with E-state index in [4.69, 9.17) is 0 Å². The maximum absolute atomic E-state index is 10.9. The fourth-order valence-electron chi connectivity index (χ4n) is 2.25. The molecule has 0 unspecified atom stereocenters. The SMILES string of the molecule is O=[N+]([O-])c1cccc(-c2c[nH]cc2-c2ccccc2)c1. The highest BCUT2D eigenvalue weighted by Gasteiger charge is 2.11. The molecule has 1 aromatic heterocycles. The van der Waals surface area contributed by atoms with Crippen LogP contribution < -0.4 is 0 Å². The summed E-state index contributed by atoms with van der Waals surface area (Å²) in [6.07, 6.45) is 3.77. The van der Waals surface area contributed by atoms with Crippen LogP contribution in [0.2, 0.25) is 0 Å². The Hall–Kier alpha value is -2.88. The number of H-pyrrole nitrogens is 1. The topological polar surface area (TPSA) is 58.9 Å². The van der Waals surface area contributed by atoms with Gasteiger partial charge in [0.2, 0.25) is 0 Å². The van der Waals surface area contributed by atoms with Crippen LogP contribution in [0, 0.1) is 10.1 Å². The molecule has 0 aliphatic carbocycles. The van der Waals surface area contributed by atoms with Gasteiger partial charge in [-0.05, 0) is 11.1 Å². The molecule has 0 fully saturated rings. The quantitative estimate of drug-likeness (QED) is 0.567. The zero-order chi connectivity index (χ0) is 13.9. The molecule has 20 heavy (non-hydrogen) atoms. The highest BCUT2D eigenvalue weighted by atomic mass is 16.6. The zero-order valence-electron chi connectivity index (χ0n) is 10.6. The Kier molecular flexibility index (Phi) is 3.05. The van der Waals surface area contributed by atoms with Gasteiger partial charge in [-0.3, -0.25) is 10.1 Å². The van der Waals surface area contributed by atoms with Crippen LogP contribution in [0.15, 0.2) is 67.0 Å². The fourth-order valence-corrected chi connectivity index (χ4v) is 2.25. The van der Waals surface area contributed by atoms with Crippen LogP contribution >= 0.6 is 0 Å². The minimum Gasteiger partial charge on any atom is -0.366 e. The molecule has 0 atom stereocenters. The van der Waals surface area contributed by atoms with E-state index in [1.807, 2.05) is 48.8 Å². The molecule has 0 amide bonds. The third-order valence-corrected chi connectivity index (χ3v) is 3.20. The van der Waals surface area contributed by atoms with E-state index < -0.39 is 0 Å². The second-order valence-electron chi connectivity index (χ2n) is 4.46. The van der Waals surface area contributed by atoms with Gasteiger partial charge in [-0.2, -0.15) is 0 Å². The van der Waals surface area contributed by atoms with Crippen LogP contribution in [-0.2, 0) is 0 Å². The monoisotopic (exact) mass is 264 g/mol. The molecule has 0 radical (unpaired) electrons. The molecule has 0 saturated heterocycles. The summed E-state index contributed by atoms with van der Waals surface area (Å²) in [7, 11) is 0. The summed E-state index contributed by atoms with van der Waals surface area (Å²) in [5, 5.41) is 10.9. The van der Waals surface area contributed by atoms with Crippen LogP contribution in [-0.4, -0.2) is 9.91 Å². The summed E-state index contributed by atoms with van der Waals surface area (Å²) >= 11 is 0. The number of nitrogens with one attached hydrogen (secondary N) is 1. The van der Waals surface area contributed by atoms with Crippen molar-refractivity contribution in [3.8, 4) is 22.3 Å². The van der Waals surface area contributed by atoms with Gasteiger partial charge in [0.1, 0.15) is 0 Å². The Morgan fingerprint density at radius 3 is 2.20 bits per heavy atom. The lowest BCUT2D eigenvalue weighted by molar-refractivity contribution is -0.384. The smallest absolute Gasteiger partial charge is 0.270 e. The third-order valence-electron chi connectivity index (χ3n) is 3.20. The van der Waals surface area contributed by atoms with E-state index in [0.717, 1.165) is 22.3 Å². The summed E-state index contributed by atoms with van der Waals surface area (Å²) < 4.78 is 0. The first-order valence-corrected chi connectivity index (χ1v) is 6.23. The largest absolute Gasteiger partial charge is 0.366 e. The van der Waals surface area contributed by atoms with E-state index in [2.05, 4.69) is 4.98 Å². The van der Waals surface area contributed by atoms with Crippen molar-refractivity contribution in [1.82, 2.24) is 4.98 Å². The number of hydrogen-bond donors (Lipinski definition) is 1. The minimum atomic E-state index is -0.377. The Bertz CT molecular complexity index is 748. The fraction of sp³-hybridized carbons (Fsp3) is 0. The van der Waals surface area contributed by atoms with Crippen molar-refractivity contribution in [2.45, 2.75) is 0 Å². The average molecular weight is 264 g/mol. The van der Waals surface area contributed by atoms with Crippen LogP contribution in [0.4, 0.5) is 5.69 Å². The van der Waals surface area contributed by atoms with Crippen molar-refractivity contribution in [2.75, 3.05) is 0 Å². The molecule has 1 heterocycles. The van der Waals surface area contributed by atoms with Crippen LogP contribution in [0.5, 0.6) is 0 Å². The van der Waals surface area contributed by atoms with Gasteiger partial charge < -0.3 is 4.98 Å². The van der Waals surface area contributed by atoms with E-state index >= 15 is 0 Å². The molecule has 4 heteroatoms. The van der Waals surface area contributed by atoms with E-state index in [1.165, 1.54) is 6.07 Å². The molecule has 4 nitrogen and oxygen atoms in total. The molecule has 0 saturated carbocycles. The highest BCUT2D eigenvalue weighted by Crippen LogP contribution is 2.33. The Labute approximate surface area is 115 Å². The number of hydrogen-bond acceptors (Lipinski definition) is 2. The standard InChI is InChI=1S/C16H12N2O2/c19-18(20)14-8-4-7-13(9-14)16-11-17-10-15(16)12-5-2-1-3-6-12/h1-11,17H. The molecule has 1 N–H and O–H groups in total. The number of rotatable bonds is 3. The van der Waals surface area contributed by atoms with Crippen LogP contribution in [0.1, 0.15) is 0 Å². The summed E-state index contributed by atoms with van der Waals surface area (Å²) in [5.41, 5.74) is 4.00. The summed E-state index contributed by atoms with van der Waals surface area (Å²) in [6.45, 7) is 0. The average Bonchev–Trinajstić information content (AvgIpc) is 2.98. The number of nitro benzene ring substituents is 1. The molecule has 0 aliphatic heterocycles. The number of benzene rings is 2. The van der Waals surface area contributed by atoms with Crippen molar-refractivity contribution < 1.29 is 4.92 Å². The molecule has 2 aromatic carbocycles. The maximum atomic E-state index is 10.9. The molecule has 0 aliphatic rings. The van der Waals surface area contributed by atoms with Gasteiger partial charge in [-0.1, -0.05) is 42.5 Å². The number of nitro groups is 1. The third kappa shape index (κ3) is 2.19. The highest BCUT2D eigenvalue weighted by molar-refractivity contribution is 5.83. The summed E-state index contributed by atoms with van der Waals surface area (Å²) in [4.78, 5) is 13.6. The van der Waals surface area contributed by atoms with Crippen LogP contribution in [0.25, 0.3) is 22.3 Å². The molecule has 0 spiro atoms. The zero-order valence-corrected chi connectivity index (χ0v) is 10.6. The number of aromatic nitrogens is 1. The molecule has 3 aromatic rings. The van der Waals surface area contributed by atoms with E-state index in [1.54, 1.807) is 12.1 Å². The van der Waals surface area contributed by atoms with Gasteiger partial charge in [0.15, 0.2) is 0 Å². The first kappa shape index (κ1) is 12.2. The second-order valence-corrected chi connectivity index (χ2v) is 4.46. The van der Waals surface area contributed by atoms with Gasteiger partial charge in [-0.25, -0.2) is 0 Å². The molecular weight excluding hydrogens is 252 g/mol. The lowest BCUT2D eigenvalue weighted by Crippen LogP contribution is -1.88. The van der Waals surface area contributed by atoms with Gasteiger partial charge in [0.25, 0.3) is 5.69 Å². The van der Waals surface area contributed by atoms with Crippen molar-refractivity contribution in [1.29, 1.82) is 0 Å². The molecular formula is C16H12N2O2. The summed E-state index contributed by atoms with van der Waals surface area (Å²) in [5.74, 6) is 0. The lowest BCUT2D eigenvalue weighted by Gasteiger charge is -2.04. The minimum absolute atomic E-state index is 0.0997. The van der Waals surface area contributed by atoms with Gasteiger partial charge in [0.05, 0.1) is 4.92 Å². The van der Waals surface area contributed by atoms with Crippen molar-refractivity contribution in [3.63, 3.8) is 0 Å². The van der Waals surface area contributed by atoms with Gasteiger partial charge >= 0.3 is 0 Å². The number of non-ortho nitro benzene ring substituents is 1. The first-order chi connectivity index (χ1) is 9.75. The van der Waals surface area contributed by atoms with Gasteiger partial charge in [-0.15, -0.1) is 0 Å². The number of nitrogens with zero attached hydrogens (tertiary/aromatic N) is 1. The Balaban J connectivity index is 2.10. The van der Waals surface area contributed by atoms with E-state index in [0.29, 0.717) is 0 Å². The predicted molar refractivity (Wildman–Crippen MR) is 78.3 cm³/mol. The molecule has 0 bridgehead atoms. The van der Waals surface area contributed by atoms with Crippen molar-refractivity contribution in [3.05, 3.63) is 77.1 Å². The van der Waals surface area contributed by atoms with E-state index in [9.17, 15) is 10.1 Å². The lowest BCUT2D eigenvalue weighted by atomic mass is 9.99.